The van der Waals surface area contributed by atoms with Crippen LogP contribution in [0.5, 0.6) is 11.5 Å². The van der Waals surface area contributed by atoms with Gasteiger partial charge in [-0.3, -0.25) is 5.43 Å². The summed E-state index contributed by atoms with van der Waals surface area (Å²) in [6.45, 7) is 2.04. The number of hydrogen-bond donors (Lipinski definition) is 3. The van der Waals surface area contributed by atoms with Crippen molar-refractivity contribution >= 4 is 28.7 Å². The monoisotopic (exact) mass is 395 g/mol. The number of aromatic hydroxyl groups is 1. The molecule has 2 aliphatic rings. The molecule has 2 aromatic carbocycles. The van der Waals surface area contributed by atoms with Gasteiger partial charge >= 0.3 is 0 Å². The van der Waals surface area contributed by atoms with Gasteiger partial charge in [-0.25, -0.2) is 0 Å². The topological polar surface area (TPSA) is 65.9 Å². The molecule has 1 aliphatic heterocycles. The lowest BCUT2D eigenvalue weighted by Crippen LogP contribution is -2.44. The van der Waals surface area contributed by atoms with E-state index in [2.05, 4.69) is 15.8 Å². The van der Waals surface area contributed by atoms with Crippen molar-refractivity contribution in [2.24, 2.45) is 5.10 Å². The molecule has 28 heavy (non-hydrogen) atoms. The van der Waals surface area contributed by atoms with Crippen LogP contribution in [-0.4, -0.2) is 21.5 Å². The highest BCUT2D eigenvalue weighted by Crippen LogP contribution is 2.42. The van der Waals surface area contributed by atoms with Crippen LogP contribution in [-0.2, 0) is 0 Å². The Morgan fingerprint density at radius 3 is 2.75 bits per heavy atom. The first-order chi connectivity index (χ1) is 13.5. The van der Waals surface area contributed by atoms with Gasteiger partial charge in [-0.15, -0.1) is 0 Å². The lowest BCUT2D eigenvalue weighted by Gasteiger charge is -2.41. The Morgan fingerprint density at radius 2 is 1.96 bits per heavy atom. The van der Waals surface area contributed by atoms with Gasteiger partial charge in [0.15, 0.2) is 5.11 Å². The second-order valence-corrected chi connectivity index (χ2v) is 8.11. The van der Waals surface area contributed by atoms with Gasteiger partial charge in [-0.05, 0) is 80.7 Å². The van der Waals surface area contributed by atoms with Crippen LogP contribution >= 0.6 is 12.2 Å². The predicted molar refractivity (Wildman–Crippen MR) is 116 cm³/mol. The molecule has 0 aromatic heterocycles. The first kappa shape index (κ1) is 18.7. The zero-order valence-electron chi connectivity index (χ0n) is 16.0. The van der Waals surface area contributed by atoms with Crippen molar-refractivity contribution in [1.82, 2.24) is 5.43 Å². The maximum absolute atomic E-state index is 9.94. The smallest absolute Gasteiger partial charge is 0.191 e. The Balaban J connectivity index is 1.56. The molecule has 1 spiro atoms. The van der Waals surface area contributed by atoms with Crippen molar-refractivity contribution in [3.05, 3.63) is 53.6 Å². The van der Waals surface area contributed by atoms with Crippen LogP contribution in [0.4, 0.5) is 5.69 Å². The normalized spacial score (nSPS) is 19.0. The molecule has 5 nitrogen and oxygen atoms in total. The molecule has 0 saturated heterocycles. The summed E-state index contributed by atoms with van der Waals surface area (Å²) in [4.78, 5) is 0. The number of ether oxygens (including phenoxy) is 1. The fourth-order valence-electron chi connectivity index (χ4n) is 4.08. The lowest BCUT2D eigenvalue weighted by atomic mass is 9.78. The minimum atomic E-state index is -0.200. The molecular formula is C22H25N3O2S. The minimum absolute atomic E-state index is 0.200. The third kappa shape index (κ3) is 4.12. The molecule has 6 heteroatoms. The molecule has 1 saturated carbocycles. The fraction of sp³-hybridized carbons (Fsp3) is 0.364. The van der Waals surface area contributed by atoms with E-state index in [1.807, 2.05) is 37.3 Å². The van der Waals surface area contributed by atoms with Crippen molar-refractivity contribution in [2.45, 2.75) is 51.0 Å². The highest BCUT2D eigenvalue weighted by molar-refractivity contribution is 7.80. The number of hydrogen-bond acceptors (Lipinski definition) is 4. The third-order valence-corrected chi connectivity index (χ3v) is 5.62. The highest BCUT2D eigenvalue weighted by atomic mass is 32.1. The molecule has 0 bridgehead atoms. The summed E-state index contributed by atoms with van der Waals surface area (Å²) >= 11 is 5.41. The summed E-state index contributed by atoms with van der Waals surface area (Å²) in [5, 5.41) is 18.1. The fourth-order valence-corrected chi connectivity index (χ4v) is 4.24. The van der Waals surface area contributed by atoms with Gasteiger partial charge in [0.05, 0.1) is 5.71 Å². The average Bonchev–Trinajstić information content (AvgIpc) is 2.67. The van der Waals surface area contributed by atoms with Crippen LogP contribution in [0, 0.1) is 6.92 Å². The number of thiocarbonyl (C=S) groups is 1. The van der Waals surface area contributed by atoms with Gasteiger partial charge in [0, 0.05) is 17.7 Å². The zero-order chi connectivity index (χ0) is 19.6. The van der Waals surface area contributed by atoms with E-state index in [-0.39, 0.29) is 11.4 Å². The minimum Gasteiger partial charge on any atom is -0.508 e. The van der Waals surface area contributed by atoms with Crippen molar-refractivity contribution in [3.8, 4) is 11.5 Å². The molecule has 1 fully saturated rings. The summed E-state index contributed by atoms with van der Waals surface area (Å²) in [7, 11) is 0. The van der Waals surface area contributed by atoms with Gasteiger partial charge in [-0.2, -0.15) is 5.10 Å². The Morgan fingerprint density at radius 1 is 1.14 bits per heavy atom. The molecule has 0 amide bonds. The van der Waals surface area contributed by atoms with E-state index < -0.39 is 0 Å². The Hall–Kier alpha value is -2.60. The quantitative estimate of drug-likeness (QED) is 0.500. The number of rotatable bonds is 2. The zero-order valence-corrected chi connectivity index (χ0v) is 16.8. The second-order valence-electron chi connectivity index (χ2n) is 7.70. The predicted octanol–water partition coefficient (Wildman–Crippen LogP) is 4.88. The number of anilines is 1. The first-order valence-electron chi connectivity index (χ1n) is 9.76. The van der Waals surface area contributed by atoms with E-state index in [1.165, 1.54) is 19.3 Å². The SMILES string of the molecule is Cc1cccc(NC(=S)NN=C2CC3(CCCCC3)Oc3ccc(O)cc32)c1. The van der Waals surface area contributed by atoms with E-state index >= 15 is 0 Å². The van der Waals surface area contributed by atoms with E-state index in [1.54, 1.807) is 12.1 Å². The summed E-state index contributed by atoms with van der Waals surface area (Å²) in [6.07, 6.45) is 6.35. The number of nitrogens with one attached hydrogen (secondary N) is 2. The maximum atomic E-state index is 9.94. The average molecular weight is 396 g/mol. The van der Waals surface area contributed by atoms with Crippen LogP contribution in [0.1, 0.15) is 49.7 Å². The summed E-state index contributed by atoms with van der Waals surface area (Å²) in [5.41, 5.74) is 6.55. The second kappa shape index (κ2) is 7.80. The van der Waals surface area contributed by atoms with Gasteiger partial charge in [0.1, 0.15) is 17.1 Å². The number of phenols is 1. The third-order valence-electron chi connectivity index (χ3n) is 5.42. The van der Waals surface area contributed by atoms with Crippen LogP contribution in [0.15, 0.2) is 47.6 Å². The standard InChI is InChI=1S/C22H25N3O2S/c1-15-6-5-7-16(12-15)23-21(28)25-24-19-14-22(10-3-2-4-11-22)27-20-9-8-17(26)13-18(19)20/h5-9,12-13,26H,2-4,10-11,14H2,1H3,(H2,23,25,28). The summed E-state index contributed by atoms with van der Waals surface area (Å²) in [5.74, 6) is 0.985. The number of aryl methyl sites for hydroxylation is 1. The number of nitrogens with zero attached hydrogens (tertiary/aromatic N) is 1. The molecule has 0 unspecified atom stereocenters. The molecule has 3 N–H and O–H groups in total. The first-order valence-corrected chi connectivity index (χ1v) is 10.2. The van der Waals surface area contributed by atoms with E-state index in [0.29, 0.717) is 11.5 Å². The molecule has 0 radical (unpaired) electrons. The Labute approximate surface area is 170 Å². The van der Waals surface area contributed by atoms with Crippen LogP contribution in [0.2, 0.25) is 0 Å². The lowest BCUT2D eigenvalue weighted by molar-refractivity contribution is 0.0320. The molecule has 146 valence electrons. The maximum Gasteiger partial charge on any atom is 0.191 e. The van der Waals surface area contributed by atoms with Crippen molar-refractivity contribution in [3.63, 3.8) is 0 Å². The van der Waals surface area contributed by atoms with Crippen LogP contribution < -0.4 is 15.5 Å². The Kier molecular flexibility index (Phi) is 5.22. The van der Waals surface area contributed by atoms with Crippen LogP contribution in [0.3, 0.4) is 0 Å². The molecule has 2 aromatic rings. The van der Waals surface area contributed by atoms with Crippen molar-refractivity contribution in [1.29, 1.82) is 0 Å². The van der Waals surface area contributed by atoms with Gasteiger partial charge in [0.25, 0.3) is 0 Å². The number of hydrazone groups is 1. The number of fused-ring (bicyclic) bond motifs is 1. The number of phenolic OH excluding ortho intramolecular Hbond substituents is 1. The van der Waals surface area contributed by atoms with E-state index in [9.17, 15) is 5.11 Å². The highest BCUT2D eigenvalue weighted by Gasteiger charge is 2.40. The largest absolute Gasteiger partial charge is 0.508 e. The van der Waals surface area contributed by atoms with E-state index in [0.717, 1.165) is 41.1 Å². The molecular weight excluding hydrogens is 370 g/mol. The molecule has 0 atom stereocenters. The molecule has 4 rings (SSSR count). The molecule has 1 aliphatic carbocycles. The Bertz CT molecular complexity index is 920. The number of benzene rings is 2. The molecule has 1 heterocycles. The van der Waals surface area contributed by atoms with Crippen LogP contribution in [0.25, 0.3) is 0 Å². The van der Waals surface area contributed by atoms with Gasteiger partial charge in [-0.1, -0.05) is 18.6 Å². The van der Waals surface area contributed by atoms with E-state index in [4.69, 9.17) is 17.0 Å². The van der Waals surface area contributed by atoms with Crippen molar-refractivity contribution < 1.29 is 9.84 Å². The van der Waals surface area contributed by atoms with Crippen molar-refractivity contribution in [2.75, 3.05) is 5.32 Å². The summed E-state index contributed by atoms with van der Waals surface area (Å²) < 4.78 is 6.39. The van der Waals surface area contributed by atoms with Gasteiger partial charge < -0.3 is 15.2 Å². The van der Waals surface area contributed by atoms with Gasteiger partial charge in [0.2, 0.25) is 0 Å². The summed E-state index contributed by atoms with van der Waals surface area (Å²) in [6, 6.07) is 13.2.